The predicted molar refractivity (Wildman–Crippen MR) is 83.0 cm³/mol. The van der Waals surface area contributed by atoms with Gasteiger partial charge in [0, 0.05) is 5.56 Å². The second-order valence-electron chi connectivity index (χ2n) is 5.14. The van der Waals surface area contributed by atoms with Crippen LogP contribution in [0.3, 0.4) is 0 Å². The summed E-state index contributed by atoms with van der Waals surface area (Å²) in [6.45, 7) is 3.41. The number of hydrogen-bond donors (Lipinski definition) is 1. The Labute approximate surface area is 125 Å². The van der Waals surface area contributed by atoms with Crippen LogP contribution in [0.4, 0.5) is 5.82 Å². The Morgan fingerprint density at radius 1 is 1.38 bits per heavy atom. The van der Waals surface area contributed by atoms with Gasteiger partial charge in [0.1, 0.15) is 0 Å². The van der Waals surface area contributed by atoms with Crippen LogP contribution in [-0.4, -0.2) is 23.2 Å². The number of nitrogens with zero attached hydrogens (tertiary/aromatic N) is 2. The van der Waals surface area contributed by atoms with Crippen LogP contribution in [-0.2, 0) is 4.79 Å². The fourth-order valence-electron chi connectivity index (χ4n) is 2.48. The zero-order valence-corrected chi connectivity index (χ0v) is 12.3. The number of hydrogen-bond acceptors (Lipinski definition) is 4. The van der Waals surface area contributed by atoms with E-state index in [4.69, 9.17) is 4.74 Å². The minimum atomic E-state index is -0.309. The molecule has 0 aliphatic heterocycles. The van der Waals surface area contributed by atoms with Gasteiger partial charge in [0.05, 0.1) is 7.11 Å². The average molecular weight is 287 g/mol. The SMILES string of the molecule is C=CC(=O)Nc1cc(/C=C/C2CCCCC2)c(OC)nn1. The lowest BCUT2D eigenvalue weighted by Gasteiger charge is -2.17. The largest absolute Gasteiger partial charge is 0.479 e. The van der Waals surface area contributed by atoms with Crippen LogP contribution in [0.25, 0.3) is 6.08 Å². The summed E-state index contributed by atoms with van der Waals surface area (Å²) in [5, 5.41) is 10.5. The molecule has 1 aromatic heterocycles. The first kappa shape index (κ1) is 15.2. The molecule has 0 spiro atoms. The lowest BCUT2D eigenvalue weighted by Crippen LogP contribution is -2.10. The molecule has 1 aromatic rings. The maximum atomic E-state index is 11.3. The zero-order chi connectivity index (χ0) is 15.1. The maximum absolute atomic E-state index is 11.3. The summed E-state index contributed by atoms with van der Waals surface area (Å²) in [6.07, 6.45) is 11.8. The van der Waals surface area contributed by atoms with Crippen molar-refractivity contribution in [2.24, 2.45) is 5.92 Å². The highest BCUT2D eigenvalue weighted by molar-refractivity contribution is 5.98. The number of amides is 1. The van der Waals surface area contributed by atoms with Gasteiger partial charge in [0.15, 0.2) is 5.82 Å². The Bertz CT molecular complexity index is 534. The summed E-state index contributed by atoms with van der Waals surface area (Å²) in [4.78, 5) is 11.3. The third-order valence-corrected chi connectivity index (χ3v) is 3.62. The molecule has 0 saturated heterocycles. The normalized spacial score (nSPS) is 15.9. The van der Waals surface area contributed by atoms with Gasteiger partial charge in [-0.2, -0.15) is 0 Å². The Morgan fingerprint density at radius 2 is 2.14 bits per heavy atom. The first-order chi connectivity index (χ1) is 10.2. The minimum Gasteiger partial charge on any atom is -0.479 e. The van der Waals surface area contributed by atoms with E-state index in [1.165, 1.54) is 38.2 Å². The summed E-state index contributed by atoms with van der Waals surface area (Å²) in [7, 11) is 1.56. The highest BCUT2D eigenvalue weighted by Gasteiger charge is 2.11. The molecule has 1 N–H and O–H groups in total. The first-order valence-corrected chi connectivity index (χ1v) is 7.26. The second-order valence-corrected chi connectivity index (χ2v) is 5.14. The summed E-state index contributed by atoms with van der Waals surface area (Å²) >= 11 is 0. The molecule has 21 heavy (non-hydrogen) atoms. The first-order valence-electron chi connectivity index (χ1n) is 7.26. The number of rotatable bonds is 5. The summed E-state index contributed by atoms with van der Waals surface area (Å²) in [5.74, 6) is 1.15. The smallest absolute Gasteiger partial charge is 0.248 e. The van der Waals surface area contributed by atoms with Crippen molar-refractivity contribution < 1.29 is 9.53 Å². The van der Waals surface area contributed by atoms with Crippen LogP contribution in [0.1, 0.15) is 37.7 Å². The Balaban J connectivity index is 2.14. The third-order valence-electron chi connectivity index (χ3n) is 3.62. The number of allylic oxidation sites excluding steroid dienone is 1. The molecule has 1 heterocycles. The van der Waals surface area contributed by atoms with E-state index in [0.717, 1.165) is 5.56 Å². The van der Waals surface area contributed by atoms with Gasteiger partial charge in [-0.05, 0) is 30.9 Å². The van der Waals surface area contributed by atoms with E-state index in [-0.39, 0.29) is 5.91 Å². The summed E-state index contributed by atoms with van der Waals surface area (Å²) in [6, 6.07) is 1.76. The van der Waals surface area contributed by atoms with Crippen LogP contribution in [0.5, 0.6) is 5.88 Å². The molecule has 5 heteroatoms. The monoisotopic (exact) mass is 287 g/mol. The average Bonchev–Trinajstić information content (AvgIpc) is 2.54. The molecule has 1 aliphatic rings. The van der Waals surface area contributed by atoms with Crippen LogP contribution in [0, 0.1) is 5.92 Å². The van der Waals surface area contributed by atoms with E-state index in [2.05, 4.69) is 28.2 Å². The lowest BCUT2D eigenvalue weighted by atomic mass is 9.89. The van der Waals surface area contributed by atoms with E-state index < -0.39 is 0 Å². The number of nitrogens with one attached hydrogen (secondary N) is 1. The van der Waals surface area contributed by atoms with Gasteiger partial charge in [0.2, 0.25) is 11.8 Å². The van der Waals surface area contributed by atoms with Gasteiger partial charge in [-0.3, -0.25) is 4.79 Å². The molecule has 1 saturated carbocycles. The van der Waals surface area contributed by atoms with E-state index in [1.807, 2.05) is 6.08 Å². The van der Waals surface area contributed by atoms with Crippen LogP contribution in [0.2, 0.25) is 0 Å². The van der Waals surface area contributed by atoms with Crippen LogP contribution < -0.4 is 10.1 Å². The molecular weight excluding hydrogens is 266 g/mol. The van der Waals surface area contributed by atoms with Crippen molar-refractivity contribution in [2.45, 2.75) is 32.1 Å². The Hall–Kier alpha value is -2.17. The van der Waals surface area contributed by atoms with E-state index >= 15 is 0 Å². The van der Waals surface area contributed by atoms with Crippen molar-refractivity contribution in [2.75, 3.05) is 12.4 Å². The van der Waals surface area contributed by atoms with Crippen molar-refractivity contribution in [3.63, 3.8) is 0 Å². The molecule has 0 unspecified atom stereocenters. The summed E-state index contributed by atoms with van der Waals surface area (Å²) < 4.78 is 5.21. The zero-order valence-electron chi connectivity index (χ0n) is 12.3. The predicted octanol–water partition coefficient (Wildman–Crippen LogP) is 3.20. The lowest BCUT2D eigenvalue weighted by molar-refractivity contribution is -0.111. The molecule has 5 nitrogen and oxygen atoms in total. The van der Waals surface area contributed by atoms with Crippen molar-refractivity contribution in [1.82, 2.24) is 10.2 Å². The fraction of sp³-hybridized carbons (Fsp3) is 0.438. The molecule has 2 rings (SSSR count). The number of anilines is 1. The van der Waals surface area contributed by atoms with Gasteiger partial charge >= 0.3 is 0 Å². The highest BCUT2D eigenvalue weighted by Crippen LogP contribution is 2.26. The molecule has 0 atom stereocenters. The number of carbonyl (C=O) groups is 1. The van der Waals surface area contributed by atoms with Crippen molar-refractivity contribution in [3.8, 4) is 5.88 Å². The molecule has 1 aliphatic carbocycles. The van der Waals surface area contributed by atoms with Gasteiger partial charge in [-0.25, -0.2) is 0 Å². The molecule has 112 valence electrons. The van der Waals surface area contributed by atoms with Gasteiger partial charge < -0.3 is 10.1 Å². The van der Waals surface area contributed by atoms with Gasteiger partial charge in [-0.15, -0.1) is 10.2 Å². The number of methoxy groups -OCH3 is 1. The number of aromatic nitrogens is 2. The maximum Gasteiger partial charge on any atom is 0.248 e. The number of ether oxygens (including phenoxy) is 1. The molecule has 1 fully saturated rings. The molecule has 0 aromatic carbocycles. The molecule has 0 bridgehead atoms. The fourth-order valence-corrected chi connectivity index (χ4v) is 2.48. The van der Waals surface area contributed by atoms with Crippen molar-refractivity contribution in [1.29, 1.82) is 0 Å². The third kappa shape index (κ3) is 4.41. The number of carbonyl (C=O) groups excluding carboxylic acids is 1. The standard InChI is InChI=1S/C16H21N3O2/c1-3-15(20)17-14-11-13(16(21-2)19-18-14)10-9-12-7-5-4-6-8-12/h3,9-12H,1,4-8H2,2H3,(H,17,18,20)/b10-9+. The molecular formula is C16H21N3O2. The van der Waals surface area contributed by atoms with Crippen molar-refractivity contribution >= 4 is 17.8 Å². The van der Waals surface area contributed by atoms with Crippen LogP contribution >= 0.6 is 0 Å². The van der Waals surface area contributed by atoms with Gasteiger partial charge in [0.25, 0.3) is 0 Å². The van der Waals surface area contributed by atoms with Gasteiger partial charge in [-0.1, -0.05) is 38.0 Å². The molecule has 1 amide bonds. The van der Waals surface area contributed by atoms with Crippen molar-refractivity contribution in [3.05, 3.63) is 30.4 Å². The van der Waals surface area contributed by atoms with E-state index in [0.29, 0.717) is 17.6 Å². The minimum absolute atomic E-state index is 0.309. The second kappa shape index (κ2) is 7.57. The van der Waals surface area contributed by atoms with E-state index in [1.54, 1.807) is 13.2 Å². The Kier molecular flexibility index (Phi) is 5.49. The van der Waals surface area contributed by atoms with E-state index in [9.17, 15) is 4.79 Å². The quantitative estimate of drug-likeness (QED) is 0.845. The topological polar surface area (TPSA) is 64.1 Å². The Morgan fingerprint density at radius 3 is 2.81 bits per heavy atom. The highest BCUT2D eigenvalue weighted by atomic mass is 16.5. The molecule has 0 radical (unpaired) electrons. The summed E-state index contributed by atoms with van der Waals surface area (Å²) in [5.41, 5.74) is 0.817. The van der Waals surface area contributed by atoms with Crippen LogP contribution in [0.15, 0.2) is 24.8 Å².